The maximum atomic E-state index is 11.5. The van der Waals surface area contributed by atoms with Crippen LogP contribution in [0.4, 0.5) is 0 Å². The van der Waals surface area contributed by atoms with Gasteiger partial charge in [-0.05, 0) is 52.6 Å². The molecule has 0 aliphatic carbocycles. The second kappa shape index (κ2) is 4.97. The normalized spacial score (nSPS) is 20.3. The molecule has 3 nitrogen and oxygen atoms in total. The summed E-state index contributed by atoms with van der Waals surface area (Å²) < 4.78 is 5.29. The summed E-state index contributed by atoms with van der Waals surface area (Å²) >= 11 is 0. The molecule has 0 spiro atoms. The van der Waals surface area contributed by atoms with E-state index >= 15 is 0 Å². The number of carbonyl (C=O) groups excluding carboxylic acids is 1. The van der Waals surface area contributed by atoms with E-state index in [2.05, 4.69) is 11.8 Å². The van der Waals surface area contributed by atoms with Gasteiger partial charge in [-0.15, -0.1) is 0 Å². The first-order chi connectivity index (χ1) is 6.87. The van der Waals surface area contributed by atoms with Crippen LogP contribution in [0.5, 0.6) is 0 Å². The molecule has 1 rings (SSSR count). The summed E-state index contributed by atoms with van der Waals surface area (Å²) in [6, 6.07) is 0. The number of likely N-dealkylation sites (tertiary alicyclic amines) is 1. The van der Waals surface area contributed by atoms with E-state index in [4.69, 9.17) is 4.74 Å². The first-order valence-electron chi connectivity index (χ1n) is 5.81. The van der Waals surface area contributed by atoms with E-state index in [1.54, 1.807) is 0 Å². The minimum Gasteiger partial charge on any atom is -0.459 e. The monoisotopic (exact) mass is 213 g/mol. The van der Waals surface area contributed by atoms with Gasteiger partial charge in [-0.1, -0.05) is 6.92 Å². The molecule has 15 heavy (non-hydrogen) atoms. The molecule has 0 aromatic rings. The average molecular weight is 213 g/mol. The van der Waals surface area contributed by atoms with Crippen molar-refractivity contribution in [2.24, 2.45) is 5.92 Å². The number of hydrogen-bond acceptors (Lipinski definition) is 3. The van der Waals surface area contributed by atoms with Crippen LogP contribution in [0.1, 0.15) is 40.5 Å². The molecule has 1 aliphatic heterocycles. The Kier molecular flexibility index (Phi) is 4.14. The third kappa shape index (κ3) is 5.17. The zero-order chi connectivity index (χ0) is 11.5. The van der Waals surface area contributed by atoms with Gasteiger partial charge in [0, 0.05) is 0 Å². The van der Waals surface area contributed by atoms with Crippen molar-refractivity contribution < 1.29 is 9.53 Å². The van der Waals surface area contributed by atoms with E-state index < -0.39 is 0 Å². The second-order valence-electron chi connectivity index (χ2n) is 5.55. The van der Waals surface area contributed by atoms with Gasteiger partial charge in [0.15, 0.2) is 0 Å². The number of rotatable bonds is 2. The minimum absolute atomic E-state index is 0.1000. The fourth-order valence-corrected chi connectivity index (χ4v) is 1.78. The van der Waals surface area contributed by atoms with E-state index in [0.29, 0.717) is 6.54 Å². The average Bonchev–Trinajstić information content (AvgIpc) is 2.05. The van der Waals surface area contributed by atoms with E-state index in [1.807, 2.05) is 20.8 Å². The fourth-order valence-electron chi connectivity index (χ4n) is 1.78. The molecule has 0 bridgehead atoms. The molecule has 0 atom stereocenters. The van der Waals surface area contributed by atoms with Gasteiger partial charge >= 0.3 is 5.97 Å². The first-order valence-corrected chi connectivity index (χ1v) is 5.81. The predicted molar refractivity (Wildman–Crippen MR) is 60.7 cm³/mol. The molecular formula is C12H23NO2. The summed E-state index contributed by atoms with van der Waals surface area (Å²) in [7, 11) is 0. The van der Waals surface area contributed by atoms with Crippen molar-refractivity contribution in [1.29, 1.82) is 0 Å². The highest BCUT2D eigenvalue weighted by Gasteiger charge is 2.21. The third-order valence-corrected chi connectivity index (χ3v) is 2.65. The van der Waals surface area contributed by atoms with Gasteiger partial charge in [0.2, 0.25) is 0 Å². The lowest BCUT2D eigenvalue weighted by atomic mass is 9.99. The molecule has 3 heteroatoms. The van der Waals surface area contributed by atoms with Crippen molar-refractivity contribution >= 4 is 5.97 Å². The van der Waals surface area contributed by atoms with Crippen LogP contribution >= 0.6 is 0 Å². The zero-order valence-electron chi connectivity index (χ0n) is 10.4. The summed E-state index contributed by atoms with van der Waals surface area (Å²) in [5.74, 6) is 0.705. The highest BCUT2D eigenvalue weighted by Crippen LogP contribution is 2.16. The van der Waals surface area contributed by atoms with Crippen molar-refractivity contribution in [1.82, 2.24) is 4.90 Å². The minimum atomic E-state index is -0.361. The summed E-state index contributed by atoms with van der Waals surface area (Å²) in [5, 5.41) is 0. The zero-order valence-corrected chi connectivity index (χ0v) is 10.4. The number of esters is 1. The topological polar surface area (TPSA) is 29.5 Å². The molecule has 1 saturated heterocycles. The highest BCUT2D eigenvalue weighted by molar-refractivity contribution is 5.72. The Morgan fingerprint density at radius 3 is 2.33 bits per heavy atom. The van der Waals surface area contributed by atoms with E-state index in [-0.39, 0.29) is 11.6 Å². The van der Waals surface area contributed by atoms with Gasteiger partial charge in [0.05, 0.1) is 6.54 Å². The van der Waals surface area contributed by atoms with Crippen LogP contribution in [0.15, 0.2) is 0 Å². The van der Waals surface area contributed by atoms with Gasteiger partial charge < -0.3 is 4.74 Å². The standard InChI is InChI=1S/C12H23NO2/c1-10-5-7-13(8-6-10)9-11(14)15-12(2,3)4/h10H,5-9H2,1-4H3. The summed E-state index contributed by atoms with van der Waals surface area (Å²) in [5.41, 5.74) is -0.361. The molecular weight excluding hydrogens is 190 g/mol. The molecule has 88 valence electrons. The number of nitrogens with zero attached hydrogens (tertiary/aromatic N) is 1. The lowest BCUT2D eigenvalue weighted by Crippen LogP contribution is -2.39. The quantitative estimate of drug-likeness (QED) is 0.658. The van der Waals surface area contributed by atoms with Crippen molar-refractivity contribution in [2.45, 2.75) is 46.1 Å². The van der Waals surface area contributed by atoms with Gasteiger partial charge in [0.1, 0.15) is 5.60 Å². The SMILES string of the molecule is CC1CCN(CC(=O)OC(C)(C)C)CC1. The number of piperidine rings is 1. The van der Waals surface area contributed by atoms with Gasteiger partial charge in [-0.25, -0.2) is 0 Å². The van der Waals surface area contributed by atoms with Crippen molar-refractivity contribution in [3.8, 4) is 0 Å². The Morgan fingerprint density at radius 1 is 1.33 bits per heavy atom. The summed E-state index contributed by atoms with van der Waals surface area (Å²) in [6.45, 7) is 10.5. The Hall–Kier alpha value is -0.570. The fraction of sp³-hybridized carbons (Fsp3) is 0.917. The number of hydrogen-bond donors (Lipinski definition) is 0. The van der Waals surface area contributed by atoms with Gasteiger partial charge in [-0.2, -0.15) is 0 Å². The van der Waals surface area contributed by atoms with Crippen LogP contribution in [0.2, 0.25) is 0 Å². The Morgan fingerprint density at radius 2 is 1.87 bits per heavy atom. The van der Waals surface area contributed by atoms with E-state index in [1.165, 1.54) is 12.8 Å². The predicted octanol–water partition coefficient (Wildman–Crippen LogP) is 2.06. The molecule has 1 fully saturated rings. The summed E-state index contributed by atoms with van der Waals surface area (Å²) in [4.78, 5) is 13.7. The molecule has 0 saturated carbocycles. The summed E-state index contributed by atoms with van der Waals surface area (Å²) in [6.07, 6.45) is 2.39. The van der Waals surface area contributed by atoms with Crippen LogP contribution < -0.4 is 0 Å². The molecule has 0 radical (unpaired) electrons. The maximum absolute atomic E-state index is 11.5. The lowest BCUT2D eigenvalue weighted by Gasteiger charge is -2.30. The Labute approximate surface area is 92.8 Å². The maximum Gasteiger partial charge on any atom is 0.320 e. The molecule has 0 aromatic heterocycles. The van der Waals surface area contributed by atoms with Crippen LogP contribution in [-0.2, 0) is 9.53 Å². The van der Waals surface area contributed by atoms with Crippen molar-refractivity contribution in [2.75, 3.05) is 19.6 Å². The smallest absolute Gasteiger partial charge is 0.320 e. The number of carbonyl (C=O) groups is 1. The largest absolute Gasteiger partial charge is 0.459 e. The molecule has 0 amide bonds. The van der Waals surface area contributed by atoms with Crippen molar-refractivity contribution in [3.63, 3.8) is 0 Å². The van der Waals surface area contributed by atoms with Gasteiger partial charge in [-0.3, -0.25) is 9.69 Å². The van der Waals surface area contributed by atoms with Crippen LogP contribution in [0.25, 0.3) is 0 Å². The van der Waals surface area contributed by atoms with E-state index in [0.717, 1.165) is 19.0 Å². The number of ether oxygens (including phenoxy) is 1. The highest BCUT2D eigenvalue weighted by atomic mass is 16.6. The van der Waals surface area contributed by atoms with Crippen molar-refractivity contribution in [3.05, 3.63) is 0 Å². The van der Waals surface area contributed by atoms with Crippen LogP contribution in [-0.4, -0.2) is 36.1 Å². The van der Waals surface area contributed by atoms with E-state index in [9.17, 15) is 4.79 Å². The molecule has 1 aliphatic rings. The Bertz CT molecular complexity index is 212. The molecule has 0 aromatic carbocycles. The van der Waals surface area contributed by atoms with Crippen LogP contribution in [0.3, 0.4) is 0 Å². The molecule has 0 unspecified atom stereocenters. The van der Waals surface area contributed by atoms with Gasteiger partial charge in [0.25, 0.3) is 0 Å². The first kappa shape index (κ1) is 12.5. The second-order valence-corrected chi connectivity index (χ2v) is 5.55. The lowest BCUT2D eigenvalue weighted by molar-refractivity contribution is -0.156. The molecule has 0 N–H and O–H groups in total. The third-order valence-electron chi connectivity index (χ3n) is 2.65. The Balaban J connectivity index is 2.27. The molecule has 1 heterocycles. The van der Waals surface area contributed by atoms with Crippen LogP contribution in [0, 0.1) is 5.92 Å².